The average Bonchev–Trinajstić information content (AvgIpc) is 3.05. The smallest absolute Gasteiger partial charge is 0.0946 e. The van der Waals surface area contributed by atoms with Crippen LogP contribution in [0.3, 0.4) is 0 Å². The van der Waals surface area contributed by atoms with Gasteiger partial charge in [-0.15, -0.1) is 0 Å². The summed E-state index contributed by atoms with van der Waals surface area (Å²) in [4.78, 5) is 4.28. The van der Waals surface area contributed by atoms with Crippen molar-refractivity contribution in [1.29, 1.82) is 0 Å². The van der Waals surface area contributed by atoms with Crippen molar-refractivity contribution < 1.29 is 0 Å². The molecule has 0 bridgehead atoms. The van der Waals surface area contributed by atoms with Gasteiger partial charge in [0.2, 0.25) is 0 Å². The monoisotopic (exact) mass is 304 g/mol. The lowest BCUT2D eigenvalue weighted by Crippen LogP contribution is -2.30. The molecule has 1 aliphatic rings. The van der Waals surface area contributed by atoms with E-state index in [1.165, 1.54) is 83.6 Å². The molecule has 126 valence electrons. The van der Waals surface area contributed by atoms with E-state index in [2.05, 4.69) is 29.6 Å². The molecule has 22 heavy (non-hydrogen) atoms. The molecule has 0 saturated heterocycles. The van der Waals surface area contributed by atoms with Gasteiger partial charge < -0.3 is 4.57 Å². The van der Waals surface area contributed by atoms with Crippen LogP contribution in [0, 0.1) is 11.3 Å². The molecule has 0 amide bonds. The minimum atomic E-state index is 0.509. The number of imidazole rings is 1. The van der Waals surface area contributed by atoms with Crippen LogP contribution in [0.2, 0.25) is 0 Å². The van der Waals surface area contributed by atoms with E-state index in [-0.39, 0.29) is 0 Å². The largest absolute Gasteiger partial charge is 0.337 e. The highest BCUT2D eigenvalue weighted by molar-refractivity contribution is 4.87. The molecule has 2 rings (SSSR count). The molecule has 0 N–H and O–H groups in total. The summed E-state index contributed by atoms with van der Waals surface area (Å²) in [5.41, 5.74) is 0.509. The quantitative estimate of drug-likeness (QED) is 0.501. The van der Waals surface area contributed by atoms with Crippen LogP contribution < -0.4 is 0 Å². The van der Waals surface area contributed by atoms with Crippen LogP contribution in [0.5, 0.6) is 0 Å². The van der Waals surface area contributed by atoms with Gasteiger partial charge in [0.15, 0.2) is 0 Å². The summed E-state index contributed by atoms with van der Waals surface area (Å²) in [7, 11) is 0. The normalized spacial score (nSPS) is 17.0. The van der Waals surface area contributed by atoms with Crippen LogP contribution >= 0.6 is 0 Å². The molecular weight excluding hydrogens is 268 g/mol. The average molecular weight is 305 g/mol. The Labute approximate surface area is 137 Å². The lowest BCUT2D eigenvalue weighted by atomic mass is 9.69. The molecule has 0 aromatic carbocycles. The summed E-state index contributed by atoms with van der Waals surface area (Å²) >= 11 is 0. The highest BCUT2D eigenvalue weighted by Crippen LogP contribution is 2.43. The number of aromatic nitrogens is 2. The minimum absolute atomic E-state index is 0.509. The first-order valence-electron chi connectivity index (χ1n) is 9.74. The lowest BCUT2D eigenvalue weighted by Gasteiger charge is -2.39. The summed E-state index contributed by atoms with van der Waals surface area (Å²) in [6, 6.07) is 0. The second-order valence-electron chi connectivity index (χ2n) is 7.65. The van der Waals surface area contributed by atoms with Crippen LogP contribution in [-0.4, -0.2) is 9.55 Å². The van der Waals surface area contributed by atoms with Gasteiger partial charge in [0.05, 0.1) is 6.33 Å². The zero-order valence-corrected chi connectivity index (χ0v) is 14.9. The third-order valence-corrected chi connectivity index (χ3v) is 5.64. The van der Waals surface area contributed by atoms with Gasteiger partial charge in [-0.3, -0.25) is 0 Å². The third-order valence-electron chi connectivity index (χ3n) is 5.64. The maximum Gasteiger partial charge on any atom is 0.0946 e. The zero-order valence-electron chi connectivity index (χ0n) is 14.9. The van der Waals surface area contributed by atoms with Crippen molar-refractivity contribution in [3.05, 3.63) is 18.7 Å². The first-order chi connectivity index (χ1) is 10.8. The van der Waals surface area contributed by atoms with Crippen molar-refractivity contribution >= 4 is 0 Å². The predicted molar refractivity (Wildman–Crippen MR) is 94.9 cm³/mol. The highest BCUT2D eigenvalue weighted by atomic mass is 15.0. The Hall–Kier alpha value is -0.790. The van der Waals surface area contributed by atoms with E-state index in [1.54, 1.807) is 0 Å². The van der Waals surface area contributed by atoms with E-state index in [0.717, 1.165) is 5.92 Å². The van der Waals surface area contributed by atoms with Crippen LogP contribution in [0.4, 0.5) is 0 Å². The molecule has 1 aromatic heterocycles. The van der Waals surface area contributed by atoms with Crippen LogP contribution in [-0.2, 0) is 6.54 Å². The standard InChI is InChI=1S/C20H36N2/c1-3-5-12-20(13-6-4-2,17-22-15-14-21-18-22)16-19-10-8-7-9-11-19/h14-15,18-19H,3-13,16-17H2,1-2H3. The molecule has 0 unspecified atom stereocenters. The number of hydrogen-bond donors (Lipinski definition) is 0. The molecule has 1 aromatic rings. The molecular formula is C20H36N2. The van der Waals surface area contributed by atoms with E-state index in [1.807, 2.05) is 12.5 Å². The Morgan fingerprint density at radius 2 is 1.73 bits per heavy atom. The first-order valence-corrected chi connectivity index (χ1v) is 9.74. The Kier molecular flexibility index (Phi) is 7.48. The maximum atomic E-state index is 4.28. The van der Waals surface area contributed by atoms with Crippen molar-refractivity contribution in [3.8, 4) is 0 Å². The molecule has 2 nitrogen and oxygen atoms in total. The number of hydrogen-bond acceptors (Lipinski definition) is 1. The van der Waals surface area contributed by atoms with E-state index < -0.39 is 0 Å². The fourth-order valence-electron chi connectivity index (χ4n) is 4.43. The van der Waals surface area contributed by atoms with Crippen LogP contribution in [0.25, 0.3) is 0 Å². The van der Waals surface area contributed by atoms with E-state index in [9.17, 15) is 0 Å². The van der Waals surface area contributed by atoms with Crippen LogP contribution in [0.15, 0.2) is 18.7 Å². The maximum absolute atomic E-state index is 4.28. The predicted octanol–water partition coefficient (Wildman–Crippen LogP) is 6.22. The molecule has 1 heterocycles. The molecule has 0 spiro atoms. The minimum Gasteiger partial charge on any atom is -0.337 e. The first kappa shape index (κ1) is 17.6. The van der Waals surface area contributed by atoms with Crippen molar-refractivity contribution in [2.45, 2.75) is 97.4 Å². The van der Waals surface area contributed by atoms with Gasteiger partial charge in [0.25, 0.3) is 0 Å². The number of unbranched alkanes of at least 4 members (excludes halogenated alkanes) is 2. The molecule has 2 heteroatoms. The zero-order chi connectivity index (χ0) is 15.7. The van der Waals surface area contributed by atoms with Crippen molar-refractivity contribution in [2.75, 3.05) is 0 Å². The Balaban J connectivity index is 2.09. The van der Waals surface area contributed by atoms with Crippen LogP contribution in [0.1, 0.15) is 90.9 Å². The summed E-state index contributed by atoms with van der Waals surface area (Å²) in [5.74, 6) is 0.978. The Morgan fingerprint density at radius 1 is 1.05 bits per heavy atom. The molecule has 0 atom stereocenters. The second kappa shape index (κ2) is 9.37. The molecule has 0 aliphatic heterocycles. The molecule has 1 aliphatic carbocycles. The topological polar surface area (TPSA) is 17.8 Å². The van der Waals surface area contributed by atoms with E-state index >= 15 is 0 Å². The summed E-state index contributed by atoms with van der Waals surface area (Å²) < 4.78 is 2.34. The van der Waals surface area contributed by atoms with Crippen molar-refractivity contribution in [1.82, 2.24) is 9.55 Å². The molecule has 1 fully saturated rings. The summed E-state index contributed by atoms with van der Waals surface area (Å²) in [6.07, 6.45) is 23.1. The Morgan fingerprint density at radius 3 is 2.27 bits per heavy atom. The molecule has 0 radical (unpaired) electrons. The van der Waals surface area contributed by atoms with Gasteiger partial charge in [0, 0.05) is 18.9 Å². The number of nitrogens with zero attached hydrogens (tertiary/aromatic N) is 2. The van der Waals surface area contributed by atoms with Gasteiger partial charge in [-0.05, 0) is 30.6 Å². The van der Waals surface area contributed by atoms with Crippen molar-refractivity contribution in [2.24, 2.45) is 11.3 Å². The molecule has 1 saturated carbocycles. The van der Waals surface area contributed by atoms with Gasteiger partial charge in [-0.2, -0.15) is 0 Å². The summed E-state index contributed by atoms with van der Waals surface area (Å²) in [6.45, 7) is 5.86. The van der Waals surface area contributed by atoms with E-state index in [0.29, 0.717) is 5.41 Å². The van der Waals surface area contributed by atoms with Crippen molar-refractivity contribution in [3.63, 3.8) is 0 Å². The lowest BCUT2D eigenvalue weighted by molar-refractivity contribution is 0.123. The number of rotatable bonds is 10. The van der Waals surface area contributed by atoms with Gasteiger partial charge >= 0.3 is 0 Å². The fraction of sp³-hybridized carbons (Fsp3) is 0.850. The summed E-state index contributed by atoms with van der Waals surface area (Å²) in [5, 5.41) is 0. The highest BCUT2D eigenvalue weighted by Gasteiger charge is 2.33. The van der Waals surface area contributed by atoms with Gasteiger partial charge in [-0.1, -0.05) is 71.6 Å². The van der Waals surface area contributed by atoms with Gasteiger partial charge in [0.1, 0.15) is 0 Å². The SMILES string of the molecule is CCCCC(CCCC)(CC1CCCCC1)Cn1ccnc1. The second-order valence-corrected chi connectivity index (χ2v) is 7.65. The van der Waals surface area contributed by atoms with Gasteiger partial charge in [-0.25, -0.2) is 4.98 Å². The third kappa shape index (κ3) is 5.44. The fourth-order valence-corrected chi connectivity index (χ4v) is 4.43. The Bertz CT molecular complexity index is 368. The van der Waals surface area contributed by atoms with E-state index in [4.69, 9.17) is 0 Å².